The molecule has 0 aliphatic heterocycles. The van der Waals surface area contributed by atoms with Crippen molar-refractivity contribution in [1.29, 1.82) is 0 Å². The molecule has 0 heterocycles. The van der Waals surface area contributed by atoms with E-state index in [9.17, 15) is 9.59 Å². The number of carbonyl (C=O) groups excluding carboxylic acids is 2. The molecule has 0 bridgehead atoms. The molecule has 0 aliphatic carbocycles. The zero-order valence-corrected chi connectivity index (χ0v) is 12.0. The Hall–Kier alpha value is -1.62. The van der Waals surface area contributed by atoms with Crippen LogP contribution in [0.1, 0.15) is 40.5 Å². The predicted octanol–water partition coefficient (Wildman–Crippen LogP) is 2.71. The van der Waals surface area contributed by atoms with E-state index in [1.54, 1.807) is 27.7 Å². The van der Waals surface area contributed by atoms with Gasteiger partial charge < -0.3 is 9.47 Å². The van der Waals surface area contributed by atoms with Crippen molar-refractivity contribution in [3.63, 3.8) is 0 Å². The van der Waals surface area contributed by atoms with Gasteiger partial charge in [-0.25, -0.2) is 9.59 Å². The zero-order valence-electron chi connectivity index (χ0n) is 12.0. The molecule has 0 aliphatic rings. The monoisotopic (exact) mass is 270 g/mol. The maximum atomic E-state index is 11.3. The van der Waals surface area contributed by atoms with E-state index in [0.717, 1.165) is 12.2 Å². The Morgan fingerprint density at radius 2 is 1.26 bits per heavy atom. The van der Waals surface area contributed by atoms with Crippen LogP contribution in [0.3, 0.4) is 0 Å². The summed E-state index contributed by atoms with van der Waals surface area (Å²) in [6.45, 7) is 13.4. The van der Waals surface area contributed by atoms with Crippen molar-refractivity contribution in [3.05, 3.63) is 25.3 Å². The van der Waals surface area contributed by atoms with Crippen LogP contribution >= 0.6 is 0 Å². The summed E-state index contributed by atoms with van der Waals surface area (Å²) < 4.78 is 16.0. The summed E-state index contributed by atoms with van der Waals surface area (Å²) in [7, 11) is 0. The molecule has 0 N–H and O–H groups in total. The quantitative estimate of drug-likeness (QED) is 0.385. The summed E-state index contributed by atoms with van der Waals surface area (Å²) in [6.07, 6.45) is 2.90. The number of carbonyl (C=O) groups is 2. The Bertz CT molecular complexity index is 329. The van der Waals surface area contributed by atoms with Gasteiger partial charge in [-0.3, -0.25) is 4.74 Å². The predicted molar refractivity (Wildman–Crippen MR) is 71.1 cm³/mol. The van der Waals surface area contributed by atoms with E-state index in [1.165, 1.54) is 0 Å². The van der Waals surface area contributed by atoms with Gasteiger partial charge >= 0.3 is 11.9 Å². The van der Waals surface area contributed by atoms with Crippen LogP contribution in [-0.4, -0.2) is 23.5 Å². The summed E-state index contributed by atoms with van der Waals surface area (Å²) >= 11 is 0. The largest absolute Gasteiger partial charge is 0.430 e. The standard InChI is InChI=1S/C14H22O5/c1-7-11(15)17-13(5,9-3)19-14(6,10-4)18-12(16)8-2/h7-8H,1-2,9-10H2,3-6H3. The topological polar surface area (TPSA) is 61.8 Å². The van der Waals surface area contributed by atoms with Crippen LogP contribution in [0.5, 0.6) is 0 Å². The summed E-state index contributed by atoms with van der Waals surface area (Å²) in [6, 6.07) is 0. The molecule has 0 rings (SSSR count). The van der Waals surface area contributed by atoms with E-state index in [-0.39, 0.29) is 0 Å². The molecule has 0 radical (unpaired) electrons. The highest BCUT2D eigenvalue weighted by atomic mass is 16.8. The van der Waals surface area contributed by atoms with Crippen LogP contribution in [0.25, 0.3) is 0 Å². The van der Waals surface area contributed by atoms with Crippen molar-refractivity contribution in [2.45, 2.75) is 52.1 Å². The smallest absolute Gasteiger partial charge is 0.332 e. The van der Waals surface area contributed by atoms with Gasteiger partial charge in [-0.05, 0) is 0 Å². The van der Waals surface area contributed by atoms with Gasteiger partial charge in [0, 0.05) is 38.8 Å². The van der Waals surface area contributed by atoms with Crippen LogP contribution in [0.2, 0.25) is 0 Å². The molecule has 0 saturated heterocycles. The lowest BCUT2D eigenvalue weighted by atomic mass is 10.2. The molecule has 2 atom stereocenters. The van der Waals surface area contributed by atoms with E-state index in [4.69, 9.17) is 14.2 Å². The van der Waals surface area contributed by atoms with Gasteiger partial charge in [-0.1, -0.05) is 27.0 Å². The maximum Gasteiger partial charge on any atom is 0.332 e. The maximum absolute atomic E-state index is 11.3. The fourth-order valence-corrected chi connectivity index (χ4v) is 1.30. The average Bonchev–Trinajstić information content (AvgIpc) is 2.37. The van der Waals surface area contributed by atoms with E-state index >= 15 is 0 Å². The average molecular weight is 270 g/mol. The van der Waals surface area contributed by atoms with Crippen LogP contribution < -0.4 is 0 Å². The van der Waals surface area contributed by atoms with Crippen molar-refractivity contribution < 1.29 is 23.8 Å². The number of hydrogen-bond acceptors (Lipinski definition) is 5. The summed E-state index contributed by atoms with van der Waals surface area (Å²) in [5, 5.41) is 0. The molecule has 0 amide bonds. The summed E-state index contributed by atoms with van der Waals surface area (Å²) in [5.74, 6) is -3.59. The molecular weight excluding hydrogens is 248 g/mol. The first-order valence-electron chi connectivity index (χ1n) is 6.15. The molecule has 5 heteroatoms. The minimum absolute atomic E-state index is 0.397. The molecule has 0 fully saturated rings. The molecule has 2 unspecified atom stereocenters. The van der Waals surface area contributed by atoms with E-state index in [0.29, 0.717) is 12.8 Å². The summed E-state index contributed by atoms with van der Waals surface area (Å²) in [4.78, 5) is 22.6. The minimum Gasteiger partial charge on any atom is -0.430 e. The van der Waals surface area contributed by atoms with Crippen LogP contribution in [0.15, 0.2) is 25.3 Å². The first-order chi connectivity index (χ1) is 8.74. The first kappa shape index (κ1) is 17.4. The van der Waals surface area contributed by atoms with Crippen LogP contribution in [-0.2, 0) is 23.8 Å². The van der Waals surface area contributed by atoms with Gasteiger partial charge in [-0.2, -0.15) is 0 Å². The number of rotatable bonds is 8. The molecule has 0 spiro atoms. The third-order valence-corrected chi connectivity index (χ3v) is 2.68. The Balaban J connectivity index is 4.97. The first-order valence-corrected chi connectivity index (χ1v) is 6.15. The Morgan fingerprint density at radius 3 is 1.47 bits per heavy atom. The number of ether oxygens (including phenoxy) is 3. The Kier molecular flexibility index (Phi) is 6.48. The van der Waals surface area contributed by atoms with Crippen LogP contribution in [0, 0.1) is 0 Å². The molecule has 0 saturated carbocycles. The molecule has 19 heavy (non-hydrogen) atoms. The minimum atomic E-state index is -1.20. The van der Waals surface area contributed by atoms with E-state index in [2.05, 4.69) is 13.2 Å². The molecule has 0 aromatic rings. The molecule has 5 nitrogen and oxygen atoms in total. The summed E-state index contributed by atoms with van der Waals surface area (Å²) in [5.41, 5.74) is 0. The molecule has 0 aromatic carbocycles. The highest BCUT2D eigenvalue weighted by molar-refractivity contribution is 5.82. The van der Waals surface area contributed by atoms with Crippen molar-refractivity contribution in [1.82, 2.24) is 0 Å². The SMILES string of the molecule is C=CC(=O)OC(C)(CC)OC(C)(CC)OC(=O)C=C. The van der Waals surface area contributed by atoms with Crippen molar-refractivity contribution in [3.8, 4) is 0 Å². The lowest BCUT2D eigenvalue weighted by molar-refractivity contribution is -0.325. The van der Waals surface area contributed by atoms with Gasteiger partial charge in [0.05, 0.1) is 0 Å². The third kappa shape index (κ3) is 5.70. The molecule has 108 valence electrons. The zero-order chi connectivity index (χ0) is 15.1. The Morgan fingerprint density at radius 1 is 0.947 bits per heavy atom. The second kappa shape index (κ2) is 7.09. The highest BCUT2D eigenvalue weighted by Gasteiger charge is 2.38. The second-order valence-corrected chi connectivity index (χ2v) is 4.33. The van der Waals surface area contributed by atoms with Crippen molar-refractivity contribution >= 4 is 11.9 Å². The lowest BCUT2D eigenvalue weighted by Gasteiger charge is -2.37. The van der Waals surface area contributed by atoms with Gasteiger partial charge in [0.15, 0.2) is 0 Å². The van der Waals surface area contributed by atoms with Gasteiger partial charge in [0.25, 0.3) is 0 Å². The second-order valence-electron chi connectivity index (χ2n) is 4.33. The lowest BCUT2D eigenvalue weighted by Crippen LogP contribution is -2.45. The fraction of sp³-hybridized carbons (Fsp3) is 0.571. The molecule has 0 aromatic heterocycles. The third-order valence-electron chi connectivity index (χ3n) is 2.68. The normalized spacial score (nSPS) is 16.6. The van der Waals surface area contributed by atoms with Crippen molar-refractivity contribution in [2.24, 2.45) is 0 Å². The van der Waals surface area contributed by atoms with Crippen LogP contribution in [0.4, 0.5) is 0 Å². The van der Waals surface area contributed by atoms with E-state index in [1.807, 2.05) is 0 Å². The Labute approximate surface area is 114 Å². The van der Waals surface area contributed by atoms with E-state index < -0.39 is 23.5 Å². The van der Waals surface area contributed by atoms with Gasteiger partial charge in [0.2, 0.25) is 11.6 Å². The number of hydrogen-bond donors (Lipinski definition) is 0. The van der Waals surface area contributed by atoms with Gasteiger partial charge in [0.1, 0.15) is 0 Å². The van der Waals surface area contributed by atoms with Crippen molar-refractivity contribution in [2.75, 3.05) is 0 Å². The highest BCUT2D eigenvalue weighted by Crippen LogP contribution is 2.29. The van der Waals surface area contributed by atoms with Gasteiger partial charge in [-0.15, -0.1) is 0 Å². The fourth-order valence-electron chi connectivity index (χ4n) is 1.30. The number of esters is 2. The molecular formula is C14H22O5.